The minimum absolute atomic E-state index is 0.386. The smallest absolute Gasteiger partial charge is 0.120 e. The molecule has 2 nitrogen and oxygen atoms in total. The second-order valence-electron chi connectivity index (χ2n) is 3.74. The Morgan fingerprint density at radius 3 is 2.87 bits per heavy atom. The van der Waals surface area contributed by atoms with E-state index in [4.69, 9.17) is 10.5 Å². The Labute approximate surface area is 91.4 Å². The third kappa shape index (κ3) is 4.53. The Kier molecular flexibility index (Phi) is 4.73. The Morgan fingerprint density at radius 2 is 2.20 bits per heavy atom. The van der Waals surface area contributed by atoms with Gasteiger partial charge in [-0.3, -0.25) is 0 Å². The van der Waals surface area contributed by atoms with E-state index in [2.05, 4.69) is 25.7 Å². The Balaban J connectivity index is 2.65. The van der Waals surface area contributed by atoms with Crippen LogP contribution in [-0.4, -0.2) is 13.2 Å². The molecule has 0 aromatic heterocycles. The zero-order valence-electron chi connectivity index (χ0n) is 9.29. The van der Waals surface area contributed by atoms with Gasteiger partial charge >= 0.3 is 0 Å². The van der Waals surface area contributed by atoms with Gasteiger partial charge in [-0.2, -0.15) is 0 Å². The summed E-state index contributed by atoms with van der Waals surface area (Å²) in [6, 6.07) is 7.77. The molecule has 0 aliphatic heterocycles. The molecule has 0 bridgehead atoms. The summed E-state index contributed by atoms with van der Waals surface area (Å²) in [6.07, 6.45) is 0. The first-order valence-electron chi connectivity index (χ1n) is 5.14. The molecule has 0 heterocycles. The van der Waals surface area contributed by atoms with Crippen molar-refractivity contribution in [3.8, 4) is 17.6 Å². The molecule has 0 spiro atoms. The second kappa shape index (κ2) is 6.10. The zero-order valence-corrected chi connectivity index (χ0v) is 9.29. The summed E-state index contributed by atoms with van der Waals surface area (Å²) >= 11 is 0. The van der Waals surface area contributed by atoms with Crippen molar-refractivity contribution in [2.75, 3.05) is 13.2 Å². The third-order valence-electron chi connectivity index (χ3n) is 1.75. The second-order valence-corrected chi connectivity index (χ2v) is 3.74. The number of nitrogens with two attached hydrogens (primary N) is 1. The first kappa shape index (κ1) is 11.6. The van der Waals surface area contributed by atoms with E-state index >= 15 is 0 Å². The molecule has 0 saturated heterocycles. The summed E-state index contributed by atoms with van der Waals surface area (Å²) in [6.45, 7) is 5.36. The van der Waals surface area contributed by atoms with Crippen molar-refractivity contribution in [3.63, 3.8) is 0 Å². The lowest BCUT2D eigenvalue weighted by atomic mass is 10.2. The highest BCUT2D eigenvalue weighted by molar-refractivity contribution is 5.39. The SMILES string of the molecule is CC(C)COc1cccc(C#CCN)c1. The van der Waals surface area contributed by atoms with Gasteiger partial charge < -0.3 is 10.5 Å². The van der Waals surface area contributed by atoms with Crippen LogP contribution in [0.25, 0.3) is 0 Å². The normalized spacial score (nSPS) is 9.60. The number of rotatable bonds is 3. The standard InChI is InChI=1S/C13H17NO/c1-11(2)10-15-13-7-3-5-12(9-13)6-4-8-14/h3,5,7,9,11H,8,10,14H2,1-2H3. The van der Waals surface area contributed by atoms with E-state index in [9.17, 15) is 0 Å². The fourth-order valence-electron chi connectivity index (χ4n) is 1.08. The van der Waals surface area contributed by atoms with Crippen molar-refractivity contribution < 1.29 is 4.74 Å². The van der Waals surface area contributed by atoms with Gasteiger partial charge in [-0.1, -0.05) is 31.8 Å². The molecule has 0 aliphatic carbocycles. The topological polar surface area (TPSA) is 35.2 Å². The molecule has 0 atom stereocenters. The summed E-state index contributed by atoms with van der Waals surface area (Å²) < 4.78 is 5.59. The summed E-state index contributed by atoms with van der Waals surface area (Å²) in [4.78, 5) is 0. The monoisotopic (exact) mass is 203 g/mol. The van der Waals surface area contributed by atoms with Crippen LogP contribution in [-0.2, 0) is 0 Å². The van der Waals surface area contributed by atoms with Crippen molar-refractivity contribution in [2.45, 2.75) is 13.8 Å². The molecule has 80 valence electrons. The van der Waals surface area contributed by atoms with E-state index in [0.29, 0.717) is 12.5 Å². The van der Waals surface area contributed by atoms with Crippen LogP contribution in [0.15, 0.2) is 24.3 Å². The van der Waals surface area contributed by atoms with Crippen LogP contribution in [0, 0.1) is 17.8 Å². The molecule has 0 aliphatic rings. The Hall–Kier alpha value is -1.46. The van der Waals surface area contributed by atoms with E-state index in [1.165, 1.54) is 0 Å². The zero-order chi connectivity index (χ0) is 11.1. The average molecular weight is 203 g/mol. The summed E-state index contributed by atoms with van der Waals surface area (Å²) in [7, 11) is 0. The van der Waals surface area contributed by atoms with Crippen molar-refractivity contribution in [3.05, 3.63) is 29.8 Å². The molecule has 0 radical (unpaired) electrons. The quantitative estimate of drug-likeness (QED) is 0.763. The van der Waals surface area contributed by atoms with Gasteiger partial charge in [-0.15, -0.1) is 0 Å². The molecule has 1 rings (SSSR count). The fourth-order valence-corrected chi connectivity index (χ4v) is 1.08. The number of benzene rings is 1. The molecule has 2 N–H and O–H groups in total. The molecule has 0 amide bonds. The van der Waals surface area contributed by atoms with Crippen LogP contribution >= 0.6 is 0 Å². The average Bonchev–Trinajstić information content (AvgIpc) is 2.24. The van der Waals surface area contributed by atoms with E-state index in [1.807, 2.05) is 24.3 Å². The molecule has 0 saturated carbocycles. The lowest BCUT2D eigenvalue weighted by Crippen LogP contribution is -2.04. The van der Waals surface area contributed by atoms with Gasteiger partial charge in [0.15, 0.2) is 0 Å². The maximum atomic E-state index is 5.59. The Morgan fingerprint density at radius 1 is 1.40 bits per heavy atom. The van der Waals surface area contributed by atoms with Crippen LogP contribution in [0.5, 0.6) is 5.75 Å². The number of hydrogen-bond donors (Lipinski definition) is 1. The van der Waals surface area contributed by atoms with Crippen molar-refractivity contribution in [2.24, 2.45) is 11.7 Å². The molecule has 2 heteroatoms. The van der Waals surface area contributed by atoms with Crippen LogP contribution in [0.3, 0.4) is 0 Å². The van der Waals surface area contributed by atoms with Gasteiger partial charge in [-0.25, -0.2) is 0 Å². The van der Waals surface area contributed by atoms with Crippen LogP contribution < -0.4 is 10.5 Å². The number of ether oxygens (including phenoxy) is 1. The highest BCUT2D eigenvalue weighted by atomic mass is 16.5. The number of hydrogen-bond acceptors (Lipinski definition) is 2. The van der Waals surface area contributed by atoms with Gasteiger partial charge in [0.05, 0.1) is 13.2 Å². The van der Waals surface area contributed by atoms with Gasteiger partial charge in [0.2, 0.25) is 0 Å². The summed E-state index contributed by atoms with van der Waals surface area (Å²) in [5, 5.41) is 0. The van der Waals surface area contributed by atoms with E-state index in [0.717, 1.165) is 17.9 Å². The first-order chi connectivity index (χ1) is 7.22. The molecular formula is C13H17NO. The summed E-state index contributed by atoms with van der Waals surface area (Å²) in [5.74, 6) is 7.20. The highest BCUT2D eigenvalue weighted by Gasteiger charge is 1.97. The molecule has 1 aromatic carbocycles. The van der Waals surface area contributed by atoms with Gasteiger partial charge in [0, 0.05) is 5.56 Å². The third-order valence-corrected chi connectivity index (χ3v) is 1.75. The predicted molar refractivity (Wildman–Crippen MR) is 62.7 cm³/mol. The van der Waals surface area contributed by atoms with E-state index in [-0.39, 0.29) is 0 Å². The lowest BCUT2D eigenvalue weighted by molar-refractivity contribution is 0.271. The molecule has 0 fully saturated rings. The molecule has 1 aromatic rings. The maximum Gasteiger partial charge on any atom is 0.120 e. The summed E-state index contributed by atoms with van der Waals surface area (Å²) in [5.41, 5.74) is 6.25. The fraction of sp³-hybridized carbons (Fsp3) is 0.385. The van der Waals surface area contributed by atoms with Gasteiger partial charge in [0.25, 0.3) is 0 Å². The molecule has 0 unspecified atom stereocenters. The predicted octanol–water partition coefficient (Wildman–Crippen LogP) is 2.03. The highest BCUT2D eigenvalue weighted by Crippen LogP contribution is 2.13. The van der Waals surface area contributed by atoms with Crippen molar-refractivity contribution in [1.82, 2.24) is 0 Å². The lowest BCUT2D eigenvalue weighted by Gasteiger charge is -2.08. The van der Waals surface area contributed by atoms with E-state index in [1.54, 1.807) is 0 Å². The minimum atomic E-state index is 0.386. The molecule has 15 heavy (non-hydrogen) atoms. The van der Waals surface area contributed by atoms with E-state index < -0.39 is 0 Å². The Bertz CT molecular complexity index is 360. The maximum absolute atomic E-state index is 5.59. The van der Waals surface area contributed by atoms with Gasteiger partial charge in [-0.05, 0) is 24.1 Å². The molecular weight excluding hydrogens is 186 g/mol. The first-order valence-corrected chi connectivity index (χ1v) is 5.14. The van der Waals surface area contributed by atoms with Gasteiger partial charge in [0.1, 0.15) is 5.75 Å². The van der Waals surface area contributed by atoms with Crippen molar-refractivity contribution in [1.29, 1.82) is 0 Å². The minimum Gasteiger partial charge on any atom is -0.493 e. The largest absolute Gasteiger partial charge is 0.493 e. The van der Waals surface area contributed by atoms with Crippen LogP contribution in [0.1, 0.15) is 19.4 Å². The van der Waals surface area contributed by atoms with Crippen LogP contribution in [0.2, 0.25) is 0 Å². The van der Waals surface area contributed by atoms with Crippen molar-refractivity contribution >= 4 is 0 Å². The van der Waals surface area contributed by atoms with Crippen LogP contribution in [0.4, 0.5) is 0 Å².